The third kappa shape index (κ3) is 4.04. The van der Waals surface area contributed by atoms with Gasteiger partial charge in [-0.05, 0) is 36.2 Å². The number of ether oxygens (including phenoxy) is 1. The highest BCUT2D eigenvalue weighted by molar-refractivity contribution is 7.92. The second-order valence-electron chi connectivity index (χ2n) is 5.47. The molecule has 0 saturated heterocycles. The summed E-state index contributed by atoms with van der Waals surface area (Å²) in [5.41, 5.74) is 1.71. The first-order valence-corrected chi connectivity index (χ1v) is 9.84. The van der Waals surface area contributed by atoms with E-state index in [-0.39, 0.29) is 15.6 Å². The second-order valence-corrected chi connectivity index (χ2v) is 8.16. The van der Waals surface area contributed by atoms with Crippen LogP contribution in [0.5, 0.6) is 5.06 Å². The molecule has 134 valence electrons. The quantitative estimate of drug-likeness (QED) is 0.623. The third-order valence-electron chi connectivity index (χ3n) is 3.48. The van der Waals surface area contributed by atoms with E-state index in [1.54, 1.807) is 25.1 Å². The van der Waals surface area contributed by atoms with E-state index in [2.05, 4.69) is 4.72 Å². The number of sulfonamides is 1. The summed E-state index contributed by atoms with van der Waals surface area (Å²) >= 11 is 1.05. The van der Waals surface area contributed by atoms with Gasteiger partial charge in [0.1, 0.15) is 5.69 Å². The molecule has 0 unspecified atom stereocenters. The van der Waals surface area contributed by atoms with Gasteiger partial charge < -0.3 is 9.84 Å². The molecule has 0 atom stereocenters. The van der Waals surface area contributed by atoms with Gasteiger partial charge in [0.25, 0.3) is 10.0 Å². The molecule has 8 heteroatoms. The molecule has 2 aromatic carbocycles. The maximum Gasteiger partial charge on any atom is 0.512 e. The molecule has 3 aromatic rings. The van der Waals surface area contributed by atoms with Gasteiger partial charge in [-0.25, -0.2) is 13.2 Å². The first kappa shape index (κ1) is 18.0. The Morgan fingerprint density at radius 3 is 2.46 bits per heavy atom. The summed E-state index contributed by atoms with van der Waals surface area (Å²) in [6, 6.07) is 17.2. The number of carbonyl (C=O) groups is 1. The number of thiophene rings is 1. The van der Waals surface area contributed by atoms with Crippen LogP contribution in [0.15, 0.2) is 65.6 Å². The maximum absolute atomic E-state index is 12.6. The molecule has 0 amide bonds. The Hall–Kier alpha value is -2.84. The fourth-order valence-electron chi connectivity index (χ4n) is 2.33. The van der Waals surface area contributed by atoms with E-state index in [0.717, 1.165) is 22.5 Å². The molecule has 0 aliphatic carbocycles. The molecule has 6 nitrogen and oxygen atoms in total. The lowest BCUT2D eigenvalue weighted by Gasteiger charge is -2.08. The summed E-state index contributed by atoms with van der Waals surface area (Å²) in [4.78, 5) is 11.7. The average molecular weight is 389 g/mol. The van der Waals surface area contributed by atoms with Gasteiger partial charge in [0, 0.05) is 4.88 Å². The number of aryl methyl sites for hydroxylation is 1. The van der Waals surface area contributed by atoms with Gasteiger partial charge in [0.2, 0.25) is 5.06 Å². The van der Waals surface area contributed by atoms with Crippen LogP contribution >= 0.6 is 11.3 Å². The van der Waals surface area contributed by atoms with E-state index >= 15 is 0 Å². The molecule has 0 saturated carbocycles. The summed E-state index contributed by atoms with van der Waals surface area (Å²) in [5.74, 6) is 0. The van der Waals surface area contributed by atoms with Crippen LogP contribution in [-0.4, -0.2) is 19.7 Å². The Bertz CT molecular complexity index is 1040. The van der Waals surface area contributed by atoms with Gasteiger partial charge in [-0.15, -0.1) is 0 Å². The van der Waals surface area contributed by atoms with E-state index in [9.17, 15) is 13.2 Å². The van der Waals surface area contributed by atoms with Gasteiger partial charge in [-0.2, -0.15) is 0 Å². The zero-order valence-corrected chi connectivity index (χ0v) is 15.3. The van der Waals surface area contributed by atoms with Crippen molar-refractivity contribution in [1.82, 2.24) is 0 Å². The SMILES string of the molecule is Cc1cccc(S(=O)(=O)Nc2cc(-c3ccccc3)sc2OC(=O)O)c1. The lowest BCUT2D eigenvalue weighted by atomic mass is 10.2. The Kier molecular flexibility index (Phi) is 4.97. The van der Waals surface area contributed by atoms with E-state index in [1.807, 2.05) is 30.3 Å². The standard InChI is InChI=1S/C18H15NO5S2/c1-12-6-5-9-14(10-12)26(22,23)19-15-11-16(13-7-3-2-4-8-13)25-17(15)24-18(20)21/h2-11,19H,1H3,(H,20,21). The van der Waals surface area contributed by atoms with Crippen molar-refractivity contribution < 1.29 is 23.1 Å². The molecule has 0 aliphatic heterocycles. The van der Waals surface area contributed by atoms with Crippen molar-refractivity contribution in [3.63, 3.8) is 0 Å². The zero-order valence-electron chi connectivity index (χ0n) is 13.7. The largest absolute Gasteiger partial charge is 0.512 e. The van der Waals surface area contributed by atoms with Crippen molar-refractivity contribution in [2.75, 3.05) is 4.72 Å². The Balaban J connectivity index is 2.00. The van der Waals surface area contributed by atoms with Gasteiger partial charge in [-0.3, -0.25) is 4.72 Å². The molecular formula is C18H15NO5S2. The van der Waals surface area contributed by atoms with Gasteiger partial charge in [0.15, 0.2) is 0 Å². The summed E-state index contributed by atoms with van der Waals surface area (Å²) in [5, 5.41) is 8.90. The van der Waals surface area contributed by atoms with Crippen molar-refractivity contribution in [3.8, 4) is 15.5 Å². The van der Waals surface area contributed by atoms with Crippen LogP contribution in [0, 0.1) is 6.92 Å². The lowest BCUT2D eigenvalue weighted by molar-refractivity contribution is 0.146. The normalized spacial score (nSPS) is 11.1. The molecule has 26 heavy (non-hydrogen) atoms. The topological polar surface area (TPSA) is 92.7 Å². The van der Waals surface area contributed by atoms with Crippen LogP contribution < -0.4 is 9.46 Å². The molecule has 0 spiro atoms. The summed E-state index contributed by atoms with van der Waals surface area (Å²) < 4.78 is 32.4. The number of hydrogen-bond acceptors (Lipinski definition) is 5. The Labute approximate surface area is 154 Å². The Morgan fingerprint density at radius 2 is 1.81 bits per heavy atom. The van der Waals surface area contributed by atoms with Crippen molar-refractivity contribution >= 4 is 33.2 Å². The third-order valence-corrected chi connectivity index (χ3v) is 5.91. The van der Waals surface area contributed by atoms with Crippen LogP contribution in [0.3, 0.4) is 0 Å². The minimum atomic E-state index is -3.88. The van der Waals surface area contributed by atoms with Crippen LogP contribution in [0.2, 0.25) is 0 Å². The first-order chi connectivity index (χ1) is 12.3. The molecule has 0 radical (unpaired) electrons. The molecular weight excluding hydrogens is 374 g/mol. The molecule has 0 bridgehead atoms. The molecule has 1 aromatic heterocycles. The minimum absolute atomic E-state index is 0.0346. The van der Waals surface area contributed by atoms with E-state index in [4.69, 9.17) is 9.84 Å². The number of benzene rings is 2. The molecule has 3 rings (SSSR count). The number of rotatable bonds is 5. The van der Waals surface area contributed by atoms with Crippen LogP contribution in [-0.2, 0) is 10.0 Å². The smallest absolute Gasteiger partial charge is 0.449 e. The zero-order chi connectivity index (χ0) is 18.7. The highest BCUT2D eigenvalue weighted by atomic mass is 32.2. The summed E-state index contributed by atoms with van der Waals surface area (Å²) in [6.45, 7) is 1.79. The fourth-order valence-corrected chi connectivity index (χ4v) is 4.52. The number of hydrogen-bond donors (Lipinski definition) is 2. The van der Waals surface area contributed by atoms with Gasteiger partial charge >= 0.3 is 6.16 Å². The van der Waals surface area contributed by atoms with Crippen LogP contribution in [0.1, 0.15) is 5.56 Å². The number of nitrogens with one attached hydrogen (secondary N) is 1. The minimum Gasteiger partial charge on any atom is -0.449 e. The predicted octanol–water partition coefficient (Wildman–Crippen LogP) is 4.58. The highest BCUT2D eigenvalue weighted by Crippen LogP contribution is 2.41. The lowest BCUT2D eigenvalue weighted by Crippen LogP contribution is -2.14. The first-order valence-electron chi connectivity index (χ1n) is 7.55. The number of carboxylic acid groups (broad SMARTS) is 1. The van der Waals surface area contributed by atoms with E-state index < -0.39 is 16.2 Å². The monoisotopic (exact) mass is 389 g/mol. The molecule has 2 N–H and O–H groups in total. The van der Waals surface area contributed by atoms with Crippen LogP contribution in [0.4, 0.5) is 10.5 Å². The highest BCUT2D eigenvalue weighted by Gasteiger charge is 2.21. The predicted molar refractivity (Wildman–Crippen MR) is 100 cm³/mol. The second kappa shape index (κ2) is 7.19. The van der Waals surface area contributed by atoms with Crippen LogP contribution in [0.25, 0.3) is 10.4 Å². The summed E-state index contributed by atoms with van der Waals surface area (Å²) in [7, 11) is -3.88. The van der Waals surface area contributed by atoms with Crippen molar-refractivity contribution in [2.24, 2.45) is 0 Å². The molecule has 0 aliphatic rings. The molecule has 0 fully saturated rings. The van der Waals surface area contributed by atoms with Crippen molar-refractivity contribution in [3.05, 3.63) is 66.2 Å². The average Bonchev–Trinajstić information content (AvgIpc) is 2.97. The summed E-state index contributed by atoms with van der Waals surface area (Å²) in [6.07, 6.45) is -1.51. The van der Waals surface area contributed by atoms with Crippen molar-refractivity contribution in [2.45, 2.75) is 11.8 Å². The molecule has 1 heterocycles. The van der Waals surface area contributed by atoms with Crippen molar-refractivity contribution in [1.29, 1.82) is 0 Å². The number of anilines is 1. The van der Waals surface area contributed by atoms with E-state index in [0.29, 0.717) is 4.88 Å². The van der Waals surface area contributed by atoms with Gasteiger partial charge in [0.05, 0.1) is 4.90 Å². The fraction of sp³-hybridized carbons (Fsp3) is 0.0556. The maximum atomic E-state index is 12.6. The van der Waals surface area contributed by atoms with Gasteiger partial charge in [-0.1, -0.05) is 53.8 Å². The Morgan fingerprint density at radius 1 is 1.08 bits per heavy atom. The van der Waals surface area contributed by atoms with E-state index in [1.165, 1.54) is 12.1 Å².